The smallest absolute Gasteiger partial charge is 0.0669 e. The maximum Gasteiger partial charge on any atom is 0.0669 e. The number of aromatic nitrogens is 1. The lowest BCUT2D eigenvalue weighted by molar-refractivity contribution is 0.118. The van der Waals surface area contributed by atoms with Crippen LogP contribution < -0.4 is 0 Å². The van der Waals surface area contributed by atoms with Gasteiger partial charge in [-0.2, -0.15) is 0 Å². The minimum absolute atomic E-state index is 0.0995. The SMILES string of the molecule is CCC(CC)(CO)n1c(C)ccc1C. The number of rotatable bonds is 4. The Kier molecular flexibility index (Phi) is 3.38. The summed E-state index contributed by atoms with van der Waals surface area (Å²) in [6.45, 7) is 8.69. The molecule has 0 radical (unpaired) electrons. The van der Waals surface area contributed by atoms with Crippen molar-refractivity contribution in [1.29, 1.82) is 0 Å². The molecule has 0 amide bonds. The zero-order valence-corrected chi connectivity index (χ0v) is 9.67. The third kappa shape index (κ3) is 1.59. The average molecular weight is 195 g/mol. The van der Waals surface area contributed by atoms with E-state index >= 15 is 0 Å². The Morgan fingerprint density at radius 3 is 1.86 bits per heavy atom. The summed E-state index contributed by atoms with van der Waals surface area (Å²) >= 11 is 0. The van der Waals surface area contributed by atoms with Crippen LogP contribution in [-0.4, -0.2) is 16.3 Å². The summed E-state index contributed by atoms with van der Waals surface area (Å²) in [7, 11) is 0. The molecule has 14 heavy (non-hydrogen) atoms. The molecule has 0 saturated carbocycles. The summed E-state index contributed by atoms with van der Waals surface area (Å²) in [5.74, 6) is 0. The zero-order valence-electron chi connectivity index (χ0n) is 9.67. The molecule has 0 aliphatic rings. The maximum atomic E-state index is 9.58. The molecule has 0 spiro atoms. The maximum absolute atomic E-state index is 9.58. The summed E-state index contributed by atoms with van der Waals surface area (Å²) in [6.07, 6.45) is 1.94. The van der Waals surface area contributed by atoms with E-state index in [-0.39, 0.29) is 12.1 Å². The first-order chi connectivity index (χ1) is 6.61. The molecule has 0 bridgehead atoms. The third-order valence-corrected chi connectivity index (χ3v) is 3.36. The van der Waals surface area contributed by atoms with Gasteiger partial charge < -0.3 is 9.67 Å². The topological polar surface area (TPSA) is 25.2 Å². The van der Waals surface area contributed by atoms with Crippen LogP contribution in [0.15, 0.2) is 12.1 Å². The highest BCUT2D eigenvalue weighted by atomic mass is 16.3. The minimum Gasteiger partial charge on any atom is -0.394 e. The van der Waals surface area contributed by atoms with Crippen molar-refractivity contribution in [1.82, 2.24) is 4.57 Å². The van der Waals surface area contributed by atoms with Gasteiger partial charge in [-0.1, -0.05) is 13.8 Å². The van der Waals surface area contributed by atoms with Crippen molar-refractivity contribution in [3.63, 3.8) is 0 Å². The van der Waals surface area contributed by atoms with E-state index in [9.17, 15) is 5.11 Å². The average Bonchev–Trinajstić information content (AvgIpc) is 2.53. The van der Waals surface area contributed by atoms with E-state index in [1.165, 1.54) is 11.4 Å². The Bertz CT molecular complexity index is 270. The van der Waals surface area contributed by atoms with Crippen molar-refractivity contribution in [3.8, 4) is 0 Å². The van der Waals surface area contributed by atoms with Crippen molar-refractivity contribution < 1.29 is 5.11 Å². The second kappa shape index (κ2) is 4.18. The van der Waals surface area contributed by atoms with Crippen molar-refractivity contribution in [2.75, 3.05) is 6.61 Å². The number of hydrogen-bond acceptors (Lipinski definition) is 1. The van der Waals surface area contributed by atoms with E-state index in [4.69, 9.17) is 0 Å². The van der Waals surface area contributed by atoms with Gasteiger partial charge in [-0.25, -0.2) is 0 Å². The van der Waals surface area contributed by atoms with Gasteiger partial charge in [0.1, 0.15) is 0 Å². The molecule has 1 heterocycles. The van der Waals surface area contributed by atoms with Gasteiger partial charge in [-0.15, -0.1) is 0 Å². The first-order valence-corrected chi connectivity index (χ1v) is 5.37. The van der Waals surface area contributed by atoms with E-state index in [0.29, 0.717) is 0 Å². The van der Waals surface area contributed by atoms with Crippen molar-refractivity contribution >= 4 is 0 Å². The second-order valence-corrected chi connectivity index (χ2v) is 4.04. The van der Waals surface area contributed by atoms with E-state index in [1.807, 2.05) is 0 Å². The molecule has 0 aliphatic heterocycles. The fourth-order valence-electron chi connectivity index (χ4n) is 2.28. The van der Waals surface area contributed by atoms with Crippen LogP contribution in [0.1, 0.15) is 38.1 Å². The van der Waals surface area contributed by atoms with Gasteiger partial charge in [0.05, 0.1) is 12.1 Å². The molecule has 1 rings (SSSR count). The summed E-state index contributed by atoms with van der Waals surface area (Å²) < 4.78 is 2.27. The van der Waals surface area contributed by atoms with Crippen LogP contribution in [0, 0.1) is 13.8 Å². The second-order valence-electron chi connectivity index (χ2n) is 4.04. The van der Waals surface area contributed by atoms with Crippen LogP contribution in [0.25, 0.3) is 0 Å². The van der Waals surface area contributed by atoms with Crippen LogP contribution in [-0.2, 0) is 5.54 Å². The number of hydrogen-bond donors (Lipinski definition) is 1. The van der Waals surface area contributed by atoms with Crippen molar-refractivity contribution in [2.45, 2.75) is 46.1 Å². The molecule has 0 fully saturated rings. The van der Waals surface area contributed by atoms with Crippen LogP contribution in [0.4, 0.5) is 0 Å². The molecule has 2 nitrogen and oxygen atoms in total. The minimum atomic E-state index is -0.0995. The van der Waals surface area contributed by atoms with E-state index in [0.717, 1.165) is 12.8 Å². The largest absolute Gasteiger partial charge is 0.394 e. The lowest BCUT2D eigenvalue weighted by Crippen LogP contribution is -2.37. The molecule has 80 valence electrons. The Balaban J connectivity index is 3.23. The third-order valence-electron chi connectivity index (χ3n) is 3.36. The van der Waals surface area contributed by atoms with Crippen LogP contribution in [0.5, 0.6) is 0 Å². The molecular formula is C12H21NO. The quantitative estimate of drug-likeness (QED) is 0.785. The van der Waals surface area contributed by atoms with E-state index < -0.39 is 0 Å². The zero-order chi connectivity index (χ0) is 10.8. The van der Waals surface area contributed by atoms with E-state index in [2.05, 4.69) is 44.4 Å². The molecular weight excluding hydrogens is 174 g/mol. The van der Waals surface area contributed by atoms with Gasteiger partial charge >= 0.3 is 0 Å². The lowest BCUT2D eigenvalue weighted by Gasteiger charge is -2.34. The van der Waals surface area contributed by atoms with Crippen molar-refractivity contribution in [2.24, 2.45) is 0 Å². The molecule has 0 saturated heterocycles. The van der Waals surface area contributed by atoms with Gasteiger partial charge in [0.2, 0.25) is 0 Å². The summed E-state index contributed by atoms with van der Waals surface area (Å²) in [4.78, 5) is 0. The van der Waals surface area contributed by atoms with Crippen LogP contribution >= 0.6 is 0 Å². The van der Waals surface area contributed by atoms with Crippen LogP contribution in [0.2, 0.25) is 0 Å². The lowest BCUT2D eigenvalue weighted by atomic mass is 9.93. The Morgan fingerprint density at radius 1 is 1.14 bits per heavy atom. The van der Waals surface area contributed by atoms with Crippen molar-refractivity contribution in [3.05, 3.63) is 23.5 Å². The predicted octanol–water partition coefficient (Wildman–Crippen LogP) is 2.61. The van der Waals surface area contributed by atoms with E-state index in [1.54, 1.807) is 0 Å². The molecule has 1 aromatic heterocycles. The number of aliphatic hydroxyl groups excluding tert-OH is 1. The predicted molar refractivity (Wildman–Crippen MR) is 59.5 cm³/mol. The van der Waals surface area contributed by atoms with Gasteiger partial charge in [0.25, 0.3) is 0 Å². The molecule has 1 aromatic rings. The Labute approximate surface area is 86.6 Å². The Morgan fingerprint density at radius 2 is 1.57 bits per heavy atom. The van der Waals surface area contributed by atoms with Gasteiger partial charge in [-0.3, -0.25) is 0 Å². The molecule has 1 N–H and O–H groups in total. The summed E-state index contributed by atoms with van der Waals surface area (Å²) in [5.41, 5.74) is 2.37. The fraction of sp³-hybridized carbons (Fsp3) is 0.667. The highest BCUT2D eigenvalue weighted by Crippen LogP contribution is 2.28. The van der Waals surface area contributed by atoms with Gasteiger partial charge in [0, 0.05) is 11.4 Å². The first-order valence-electron chi connectivity index (χ1n) is 5.37. The highest BCUT2D eigenvalue weighted by Gasteiger charge is 2.28. The van der Waals surface area contributed by atoms with Gasteiger partial charge in [-0.05, 0) is 38.8 Å². The molecule has 0 atom stereocenters. The molecule has 0 unspecified atom stereocenters. The fourth-order valence-corrected chi connectivity index (χ4v) is 2.28. The van der Waals surface area contributed by atoms with Gasteiger partial charge in [0.15, 0.2) is 0 Å². The summed E-state index contributed by atoms with van der Waals surface area (Å²) in [5, 5.41) is 9.58. The number of nitrogens with zero attached hydrogens (tertiary/aromatic N) is 1. The first kappa shape index (κ1) is 11.3. The van der Waals surface area contributed by atoms with Crippen LogP contribution in [0.3, 0.4) is 0 Å². The molecule has 0 aromatic carbocycles. The Hall–Kier alpha value is -0.760. The molecule has 2 heteroatoms. The highest BCUT2D eigenvalue weighted by molar-refractivity contribution is 5.17. The monoisotopic (exact) mass is 195 g/mol. The number of aliphatic hydroxyl groups is 1. The summed E-state index contributed by atoms with van der Waals surface area (Å²) in [6, 6.07) is 4.23. The molecule has 0 aliphatic carbocycles. The normalized spacial score (nSPS) is 12.1. The number of aryl methyl sites for hydroxylation is 2. The standard InChI is InChI=1S/C12H21NO/c1-5-12(6-2,9-14)13-10(3)7-8-11(13)4/h7-8,14H,5-6,9H2,1-4H3.